The number of pyridine rings is 1. The van der Waals surface area contributed by atoms with Gasteiger partial charge in [-0.1, -0.05) is 36.4 Å². The molecule has 1 aromatic carbocycles. The van der Waals surface area contributed by atoms with Gasteiger partial charge in [0.15, 0.2) is 0 Å². The maximum absolute atomic E-state index is 12.4. The van der Waals surface area contributed by atoms with Crippen molar-refractivity contribution >= 4 is 10.0 Å². The van der Waals surface area contributed by atoms with Crippen LogP contribution in [0.2, 0.25) is 0 Å². The summed E-state index contributed by atoms with van der Waals surface area (Å²) in [5.74, 6) is 0.0347. The van der Waals surface area contributed by atoms with Crippen LogP contribution in [-0.4, -0.2) is 37.4 Å². The van der Waals surface area contributed by atoms with Crippen molar-refractivity contribution < 1.29 is 8.42 Å². The fourth-order valence-corrected chi connectivity index (χ4v) is 4.55. The Bertz CT molecular complexity index is 735. The Hall–Kier alpha value is -1.76. The van der Waals surface area contributed by atoms with Crippen molar-refractivity contribution in [2.75, 3.05) is 13.1 Å². The molecule has 0 unspecified atom stereocenters. The van der Waals surface area contributed by atoms with Gasteiger partial charge in [0.2, 0.25) is 10.0 Å². The van der Waals surface area contributed by atoms with Crippen molar-refractivity contribution in [1.82, 2.24) is 14.6 Å². The molecule has 128 valence electrons. The van der Waals surface area contributed by atoms with Crippen LogP contribution in [0.3, 0.4) is 0 Å². The molecule has 1 aliphatic rings. The first kappa shape index (κ1) is 17.1. The fourth-order valence-electron chi connectivity index (χ4n) is 3.13. The van der Waals surface area contributed by atoms with Crippen LogP contribution in [0.15, 0.2) is 54.9 Å². The van der Waals surface area contributed by atoms with Crippen LogP contribution in [0.1, 0.15) is 24.0 Å². The highest BCUT2D eigenvalue weighted by Gasteiger charge is 2.24. The average Bonchev–Trinajstić information content (AvgIpc) is 2.56. The molecule has 0 spiro atoms. The lowest BCUT2D eigenvalue weighted by Gasteiger charge is -2.32. The predicted octanol–water partition coefficient (Wildman–Crippen LogP) is 2.17. The van der Waals surface area contributed by atoms with Crippen LogP contribution in [0.5, 0.6) is 0 Å². The van der Waals surface area contributed by atoms with Gasteiger partial charge in [-0.25, -0.2) is 13.1 Å². The van der Waals surface area contributed by atoms with Crippen molar-refractivity contribution in [3.05, 3.63) is 66.0 Å². The molecule has 1 aromatic heterocycles. The van der Waals surface area contributed by atoms with E-state index < -0.39 is 10.0 Å². The molecule has 0 radical (unpaired) electrons. The van der Waals surface area contributed by atoms with E-state index in [1.54, 1.807) is 6.20 Å². The SMILES string of the molecule is O=S(=O)(Cc1ccccc1)N[C@@H]1CCCN(Cc2cccnc2)C1. The van der Waals surface area contributed by atoms with Gasteiger partial charge in [-0.05, 0) is 36.6 Å². The quantitative estimate of drug-likeness (QED) is 0.871. The van der Waals surface area contributed by atoms with Crippen LogP contribution in [0.25, 0.3) is 0 Å². The number of hydrogen-bond acceptors (Lipinski definition) is 4. The van der Waals surface area contributed by atoms with E-state index >= 15 is 0 Å². The minimum Gasteiger partial charge on any atom is -0.297 e. The van der Waals surface area contributed by atoms with Crippen LogP contribution in [0, 0.1) is 0 Å². The molecular formula is C18H23N3O2S. The first-order valence-corrected chi connectivity index (χ1v) is 9.91. The first-order chi connectivity index (χ1) is 11.6. The number of aromatic nitrogens is 1. The molecule has 2 aromatic rings. The minimum atomic E-state index is -3.32. The van der Waals surface area contributed by atoms with E-state index in [0.717, 1.165) is 43.6 Å². The molecule has 1 atom stereocenters. The lowest BCUT2D eigenvalue weighted by atomic mass is 10.1. The van der Waals surface area contributed by atoms with Crippen molar-refractivity contribution in [2.24, 2.45) is 0 Å². The van der Waals surface area contributed by atoms with Gasteiger partial charge in [0, 0.05) is 31.5 Å². The van der Waals surface area contributed by atoms with Gasteiger partial charge in [-0.2, -0.15) is 0 Å². The number of hydrogen-bond donors (Lipinski definition) is 1. The molecular weight excluding hydrogens is 322 g/mol. The largest absolute Gasteiger partial charge is 0.297 e. The molecule has 1 saturated heterocycles. The second-order valence-corrected chi connectivity index (χ2v) is 8.05. The van der Waals surface area contributed by atoms with E-state index in [1.807, 2.05) is 42.6 Å². The van der Waals surface area contributed by atoms with Gasteiger partial charge in [0.1, 0.15) is 0 Å². The van der Waals surface area contributed by atoms with Crippen LogP contribution in [0.4, 0.5) is 0 Å². The number of piperidine rings is 1. The van der Waals surface area contributed by atoms with E-state index in [4.69, 9.17) is 0 Å². The standard InChI is InChI=1S/C18H23N3O2S/c22-24(23,15-16-6-2-1-3-7-16)20-18-9-5-11-21(14-18)13-17-8-4-10-19-12-17/h1-4,6-8,10,12,18,20H,5,9,11,13-15H2/t18-/m1/s1. The van der Waals surface area contributed by atoms with Crippen molar-refractivity contribution in [1.29, 1.82) is 0 Å². The zero-order chi connectivity index (χ0) is 16.8. The minimum absolute atomic E-state index is 0.0240. The van der Waals surface area contributed by atoms with Crippen LogP contribution < -0.4 is 4.72 Å². The summed E-state index contributed by atoms with van der Waals surface area (Å²) in [5.41, 5.74) is 1.97. The topological polar surface area (TPSA) is 62.3 Å². The Morgan fingerprint density at radius 1 is 1.12 bits per heavy atom. The second kappa shape index (κ2) is 7.88. The average molecular weight is 345 g/mol. The van der Waals surface area contributed by atoms with Gasteiger partial charge in [0.05, 0.1) is 5.75 Å². The zero-order valence-electron chi connectivity index (χ0n) is 13.6. The Morgan fingerprint density at radius 3 is 2.67 bits per heavy atom. The Labute approximate surface area is 143 Å². The molecule has 24 heavy (non-hydrogen) atoms. The summed E-state index contributed by atoms with van der Waals surface area (Å²) < 4.78 is 27.7. The number of rotatable bonds is 6. The van der Waals surface area contributed by atoms with Gasteiger partial charge < -0.3 is 0 Å². The van der Waals surface area contributed by atoms with Gasteiger partial charge in [-0.3, -0.25) is 9.88 Å². The van der Waals surface area contributed by atoms with Crippen LogP contribution >= 0.6 is 0 Å². The summed E-state index contributed by atoms with van der Waals surface area (Å²) in [6.45, 7) is 2.54. The van der Waals surface area contributed by atoms with Crippen molar-refractivity contribution in [3.8, 4) is 0 Å². The van der Waals surface area contributed by atoms with Crippen molar-refractivity contribution in [3.63, 3.8) is 0 Å². The Kier molecular flexibility index (Phi) is 5.60. The van der Waals surface area contributed by atoms with E-state index in [9.17, 15) is 8.42 Å². The van der Waals surface area contributed by atoms with Gasteiger partial charge in [-0.15, -0.1) is 0 Å². The summed E-state index contributed by atoms with van der Waals surface area (Å²) in [4.78, 5) is 6.43. The Morgan fingerprint density at radius 2 is 1.92 bits per heavy atom. The third-order valence-corrected chi connectivity index (χ3v) is 5.59. The maximum atomic E-state index is 12.4. The van der Waals surface area contributed by atoms with E-state index in [1.165, 1.54) is 0 Å². The first-order valence-electron chi connectivity index (χ1n) is 8.26. The predicted molar refractivity (Wildman–Crippen MR) is 94.7 cm³/mol. The Balaban J connectivity index is 1.56. The van der Waals surface area contributed by atoms with E-state index in [2.05, 4.69) is 20.7 Å². The molecule has 5 nitrogen and oxygen atoms in total. The summed E-state index contributed by atoms with van der Waals surface area (Å²) in [5, 5.41) is 0. The third kappa shape index (κ3) is 5.12. The summed E-state index contributed by atoms with van der Waals surface area (Å²) >= 11 is 0. The van der Waals surface area contributed by atoms with Gasteiger partial charge >= 0.3 is 0 Å². The number of sulfonamides is 1. The summed E-state index contributed by atoms with van der Waals surface area (Å²) in [7, 11) is -3.32. The van der Waals surface area contributed by atoms with Crippen LogP contribution in [-0.2, 0) is 22.3 Å². The molecule has 1 fully saturated rings. The number of nitrogens with one attached hydrogen (secondary N) is 1. The fraction of sp³-hybridized carbons (Fsp3) is 0.389. The highest BCUT2D eigenvalue weighted by atomic mass is 32.2. The highest BCUT2D eigenvalue weighted by Crippen LogP contribution is 2.15. The molecule has 0 bridgehead atoms. The van der Waals surface area contributed by atoms with E-state index in [-0.39, 0.29) is 11.8 Å². The van der Waals surface area contributed by atoms with Crippen molar-refractivity contribution in [2.45, 2.75) is 31.2 Å². The molecule has 0 saturated carbocycles. The monoisotopic (exact) mass is 345 g/mol. The molecule has 3 rings (SSSR count). The summed E-state index contributed by atoms with van der Waals surface area (Å²) in [6, 6.07) is 13.3. The smallest absolute Gasteiger partial charge is 0.216 e. The molecule has 6 heteroatoms. The molecule has 0 amide bonds. The number of nitrogens with zero attached hydrogens (tertiary/aromatic N) is 2. The highest BCUT2D eigenvalue weighted by molar-refractivity contribution is 7.88. The lowest BCUT2D eigenvalue weighted by molar-refractivity contribution is 0.194. The normalized spacial score (nSPS) is 19.2. The zero-order valence-corrected chi connectivity index (χ0v) is 14.5. The second-order valence-electron chi connectivity index (χ2n) is 6.30. The third-order valence-electron chi connectivity index (χ3n) is 4.18. The molecule has 0 aliphatic carbocycles. The summed E-state index contributed by atoms with van der Waals surface area (Å²) in [6.07, 6.45) is 5.51. The molecule has 1 aliphatic heterocycles. The number of benzene rings is 1. The lowest BCUT2D eigenvalue weighted by Crippen LogP contribution is -2.47. The van der Waals surface area contributed by atoms with Gasteiger partial charge in [0.25, 0.3) is 0 Å². The molecule has 2 heterocycles. The van der Waals surface area contributed by atoms with E-state index in [0.29, 0.717) is 0 Å². The molecule has 1 N–H and O–H groups in total. The maximum Gasteiger partial charge on any atom is 0.216 e. The number of likely N-dealkylation sites (tertiary alicyclic amines) is 1.